The minimum absolute atomic E-state index is 0.00595. The molecule has 0 spiro atoms. The van der Waals surface area contributed by atoms with Crippen molar-refractivity contribution in [2.45, 2.75) is 66.3 Å². The molecule has 2 aromatic rings. The first kappa shape index (κ1) is 22.0. The molecular weight excluding hydrogens is 365 g/mol. The van der Waals surface area contributed by atoms with Gasteiger partial charge in [-0.1, -0.05) is 63.6 Å². The number of hydrogen-bond acceptors (Lipinski definition) is 2. The van der Waals surface area contributed by atoms with Crippen molar-refractivity contribution in [1.82, 2.24) is 0 Å². The first-order valence-electron chi connectivity index (χ1n) is 9.48. The summed E-state index contributed by atoms with van der Waals surface area (Å²) in [5.74, 6) is 0.647. The average Bonchev–Trinajstić information content (AvgIpc) is 2.71. The largest absolute Gasteiger partial charge is 0.198 e. The van der Waals surface area contributed by atoms with E-state index in [-0.39, 0.29) is 16.3 Å². The van der Waals surface area contributed by atoms with Crippen molar-refractivity contribution in [2.75, 3.05) is 0 Å². The molecule has 0 fully saturated rings. The number of nitriles is 1. The fraction of sp³-hybridized carbons (Fsp3) is 0.435. The summed E-state index contributed by atoms with van der Waals surface area (Å²) in [5.41, 5.74) is -0.319. The third-order valence-electron chi connectivity index (χ3n) is 5.85. The second-order valence-electron chi connectivity index (χ2n) is 7.38. The molecule has 3 atom stereocenters. The Hall–Kier alpha value is -1.31. The zero-order valence-corrected chi connectivity index (χ0v) is 18.8. The van der Waals surface area contributed by atoms with Crippen molar-refractivity contribution in [2.24, 2.45) is 17.3 Å². The van der Waals surface area contributed by atoms with E-state index in [0.717, 1.165) is 0 Å². The third kappa shape index (κ3) is 4.10. The quantitative estimate of drug-likeness (QED) is 0.431. The second kappa shape index (κ2) is 9.26. The van der Waals surface area contributed by atoms with Gasteiger partial charge in [0.15, 0.2) is 9.79 Å². The van der Waals surface area contributed by atoms with Crippen molar-refractivity contribution in [1.29, 1.82) is 5.26 Å². The second-order valence-corrected chi connectivity index (χ2v) is 10.8. The topological polar surface area (TPSA) is 23.8 Å². The third-order valence-corrected chi connectivity index (χ3v) is 10.1. The van der Waals surface area contributed by atoms with Gasteiger partial charge in [0.1, 0.15) is 5.25 Å². The molecule has 3 unspecified atom stereocenters. The van der Waals surface area contributed by atoms with Gasteiger partial charge >= 0.3 is 0 Å². The van der Waals surface area contributed by atoms with E-state index >= 15 is 0 Å². The normalized spacial score (nSPS) is 17.4. The molecule has 27 heavy (non-hydrogen) atoms. The molecular formula is C23H29BNS2+. The number of fused-ring (bicyclic) bond motifs is 2. The van der Waals surface area contributed by atoms with Crippen LogP contribution < -0.4 is 0 Å². The molecule has 3 rings (SSSR count). The molecule has 1 nitrogen and oxygen atoms in total. The van der Waals surface area contributed by atoms with Gasteiger partial charge in [-0.05, 0) is 44.0 Å². The summed E-state index contributed by atoms with van der Waals surface area (Å²) in [7, 11) is 4.49. The van der Waals surface area contributed by atoms with Gasteiger partial charge in [-0.15, -0.1) is 0 Å². The molecule has 0 aliphatic carbocycles. The maximum Gasteiger partial charge on any atom is 0.174 e. The Morgan fingerprint density at radius 2 is 1.37 bits per heavy atom. The molecule has 0 bridgehead atoms. The van der Waals surface area contributed by atoms with Crippen LogP contribution in [0.4, 0.5) is 0 Å². The summed E-state index contributed by atoms with van der Waals surface area (Å²) in [5, 5.41) is 10.3. The standard InChI is InChI=1S/C22H26NS2.CH3B/c1-15(2)22(5,14-23)16(3)17(4)25-20-12-8-6-10-18(20)24-19-11-7-9-13-21(19)25;1-2/h6-13,15-17H,1-5H3;1H3/q+1;. The zero-order chi connectivity index (χ0) is 20.2. The Morgan fingerprint density at radius 3 is 1.78 bits per heavy atom. The van der Waals surface area contributed by atoms with Gasteiger partial charge in [0, 0.05) is 5.92 Å². The van der Waals surface area contributed by atoms with Gasteiger partial charge in [0.2, 0.25) is 0 Å². The minimum Gasteiger partial charge on any atom is -0.198 e. The summed E-state index contributed by atoms with van der Waals surface area (Å²) in [6.45, 7) is 12.6. The highest BCUT2D eigenvalue weighted by molar-refractivity contribution is 8.04. The average molecular weight is 394 g/mol. The van der Waals surface area contributed by atoms with Gasteiger partial charge in [0.25, 0.3) is 0 Å². The van der Waals surface area contributed by atoms with Crippen LogP contribution in [0, 0.1) is 28.6 Å². The molecule has 2 radical (unpaired) electrons. The molecule has 0 saturated heterocycles. The van der Waals surface area contributed by atoms with Gasteiger partial charge in [-0.25, -0.2) is 0 Å². The molecule has 1 aliphatic rings. The van der Waals surface area contributed by atoms with E-state index < -0.39 is 0 Å². The lowest BCUT2D eigenvalue weighted by Crippen LogP contribution is -2.40. The van der Waals surface area contributed by atoms with Crippen LogP contribution in [0.15, 0.2) is 68.1 Å². The predicted molar refractivity (Wildman–Crippen MR) is 120 cm³/mol. The van der Waals surface area contributed by atoms with Gasteiger partial charge in [0.05, 0.1) is 40.0 Å². The smallest absolute Gasteiger partial charge is 0.174 e. The summed E-state index contributed by atoms with van der Waals surface area (Å²) >= 11 is 1.88. The molecule has 0 aromatic heterocycles. The van der Waals surface area contributed by atoms with Gasteiger partial charge in [-0.2, -0.15) is 5.26 Å². The van der Waals surface area contributed by atoms with Crippen LogP contribution >= 0.6 is 11.8 Å². The first-order chi connectivity index (χ1) is 12.9. The molecule has 1 aliphatic heterocycles. The highest BCUT2D eigenvalue weighted by Crippen LogP contribution is 2.50. The number of benzene rings is 2. The van der Waals surface area contributed by atoms with Crippen molar-refractivity contribution < 1.29 is 0 Å². The lowest BCUT2D eigenvalue weighted by atomic mass is 9.70. The fourth-order valence-electron chi connectivity index (χ4n) is 3.52. The molecule has 4 heteroatoms. The van der Waals surface area contributed by atoms with Crippen LogP contribution in [0.2, 0.25) is 6.82 Å². The maximum atomic E-state index is 9.91. The number of nitrogens with zero attached hydrogens (tertiary/aromatic N) is 1. The van der Waals surface area contributed by atoms with E-state index in [0.29, 0.717) is 17.1 Å². The highest BCUT2D eigenvalue weighted by Gasteiger charge is 2.48. The zero-order valence-electron chi connectivity index (χ0n) is 17.2. The summed E-state index contributed by atoms with van der Waals surface area (Å²) in [4.78, 5) is 5.61. The van der Waals surface area contributed by atoms with Crippen molar-refractivity contribution in [3.8, 4) is 6.07 Å². The lowest BCUT2D eigenvalue weighted by Gasteiger charge is -2.36. The Labute approximate surface area is 173 Å². The molecule has 0 saturated carbocycles. The first-order valence-corrected chi connectivity index (χ1v) is 11.6. The van der Waals surface area contributed by atoms with E-state index in [9.17, 15) is 5.26 Å². The molecule has 1 heterocycles. The number of rotatable bonds is 4. The number of hydrogen-bond donors (Lipinski definition) is 0. The fourth-order valence-corrected chi connectivity index (χ4v) is 7.92. The Kier molecular flexibility index (Phi) is 7.54. The Bertz CT molecular complexity index is 769. The van der Waals surface area contributed by atoms with E-state index in [4.69, 9.17) is 0 Å². The summed E-state index contributed by atoms with van der Waals surface area (Å²) in [6.07, 6.45) is 0. The van der Waals surface area contributed by atoms with E-state index in [1.165, 1.54) is 26.4 Å². The van der Waals surface area contributed by atoms with Crippen molar-refractivity contribution >= 4 is 30.5 Å². The molecule has 140 valence electrons. The van der Waals surface area contributed by atoms with Crippen molar-refractivity contribution in [3.63, 3.8) is 0 Å². The summed E-state index contributed by atoms with van der Waals surface area (Å²) in [6, 6.07) is 20.2. The van der Waals surface area contributed by atoms with Crippen molar-refractivity contribution in [3.05, 3.63) is 48.5 Å². The van der Waals surface area contributed by atoms with Gasteiger partial charge < -0.3 is 0 Å². The van der Waals surface area contributed by atoms with E-state index in [2.05, 4.69) is 97.1 Å². The van der Waals surface area contributed by atoms with E-state index in [1.54, 1.807) is 0 Å². The molecule has 2 aromatic carbocycles. The SMILES string of the molecule is CC(C(C)C(C)(C#N)C(C)C)[S+]1c2ccccc2Sc2ccccc21.[B]C. The minimum atomic E-state index is -0.319. The molecule has 0 N–H and O–H groups in total. The van der Waals surface area contributed by atoms with Crippen LogP contribution in [0.1, 0.15) is 34.6 Å². The Balaban J connectivity index is 0.00000126. The Morgan fingerprint density at radius 1 is 0.926 bits per heavy atom. The monoisotopic (exact) mass is 394 g/mol. The maximum absolute atomic E-state index is 9.91. The van der Waals surface area contributed by atoms with Gasteiger partial charge in [-0.3, -0.25) is 0 Å². The van der Waals surface area contributed by atoms with Crippen LogP contribution in [-0.4, -0.2) is 13.1 Å². The lowest BCUT2D eigenvalue weighted by molar-refractivity contribution is 0.200. The van der Waals surface area contributed by atoms with Crippen LogP contribution in [-0.2, 0) is 10.9 Å². The molecule has 0 amide bonds. The van der Waals surface area contributed by atoms with Crippen LogP contribution in [0.5, 0.6) is 0 Å². The van der Waals surface area contributed by atoms with Crippen LogP contribution in [0.3, 0.4) is 0 Å². The predicted octanol–water partition coefficient (Wildman–Crippen LogP) is 6.60. The highest BCUT2D eigenvalue weighted by atomic mass is 32.2. The van der Waals surface area contributed by atoms with Crippen LogP contribution in [0.25, 0.3) is 0 Å². The van der Waals surface area contributed by atoms with E-state index in [1.807, 2.05) is 11.8 Å². The summed E-state index contributed by atoms with van der Waals surface area (Å²) < 4.78 is 0.